The Morgan fingerprint density at radius 3 is 2.95 bits per heavy atom. The maximum atomic E-state index is 13.0. The van der Waals surface area contributed by atoms with Crippen molar-refractivity contribution in [3.63, 3.8) is 0 Å². The standard InChI is InChI=1S/C13H15FN4OS2/c1-8(2)15-12-17-18-13(21-12)20-7-11(19)16-10-5-3-4-9(14)6-10/h3-6,8H,7H2,1-2H3,(H,15,17)(H,16,19). The van der Waals surface area contributed by atoms with E-state index in [0.717, 1.165) is 5.13 Å². The molecule has 0 spiro atoms. The van der Waals surface area contributed by atoms with E-state index < -0.39 is 0 Å². The number of nitrogens with zero attached hydrogens (tertiary/aromatic N) is 2. The van der Waals surface area contributed by atoms with Crippen LogP contribution in [0.2, 0.25) is 0 Å². The molecule has 112 valence electrons. The summed E-state index contributed by atoms with van der Waals surface area (Å²) in [6.07, 6.45) is 0. The van der Waals surface area contributed by atoms with Crippen molar-refractivity contribution >= 4 is 39.8 Å². The van der Waals surface area contributed by atoms with Crippen molar-refractivity contribution in [3.8, 4) is 0 Å². The van der Waals surface area contributed by atoms with Gasteiger partial charge in [-0.1, -0.05) is 29.2 Å². The minimum Gasteiger partial charge on any atom is -0.358 e. The van der Waals surface area contributed by atoms with Gasteiger partial charge in [0, 0.05) is 11.7 Å². The largest absolute Gasteiger partial charge is 0.358 e. The third-order valence-corrected chi connectivity index (χ3v) is 4.24. The Balaban J connectivity index is 1.82. The number of halogens is 1. The average molecular weight is 326 g/mol. The highest BCUT2D eigenvalue weighted by Gasteiger charge is 2.09. The number of hydrogen-bond acceptors (Lipinski definition) is 6. The Kier molecular flexibility index (Phi) is 5.51. The maximum absolute atomic E-state index is 13.0. The van der Waals surface area contributed by atoms with Crippen LogP contribution < -0.4 is 10.6 Å². The van der Waals surface area contributed by atoms with Crippen molar-refractivity contribution < 1.29 is 9.18 Å². The van der Waals surface area contributed by atoms with E-state index in [9.17, 15) is 9.18 Å². The van der Waals surface area contributed by atoms with Crippen LogP contribution in [0, 0.1) is 5.82 Å². The fraction of sp³-hybridized carbons (Fsp3) is 0.308. The summed E-state index contributed by atoms with van der Waals surface area (Å²) in [4.78, 5) is 11.8. The van der Waals surface area contributed by atoms with Gasteiger partial charge in [-0.3, -0.25) is 4.79 Å². The highest BCUT2D eigenvalue weighted by atomic mass is 32.2. The third-order valence-electron chi connectivity index (χ3n) is 2.25. The first-order valence-electron chi connectivity index (χ1n) is 6.31. The molecular weight excluding hydrogens is 311 g/mol. The molecule has 1 heterocycles. The molecule has 1 aromatic heterocycles. The van der Waals surface area contributed by atoms with Gasteiger partial charge in [-0.2, -0.15) is 0 Å². The highest BCUT2D eigenvalue weighted by Crippen LogP contribution is 2.25. The second-order valence-electron chi connectivity index (χ2n) is 4.52. The number of thioether (sulfide) groups is 1. The minimum absolute atomic E-state index is 0.201. The van der Waals surface area contributed by atoms with Gasteiger partial charge in [0.05, 0.1) is 5.75 Å². The number of nitrogens with one attached hydrogen (secondary N) is 2. The van der Waals surface area contributed by atoms with Crippen LogP contribution in [0.15, 0.2) is 28.6 Å². The van der Waals surface area contributed by atoms with Crippen molar-refractivity contribution in [1.29, 1.82) is 0 Å². The highest BCUT2D eigenvalue weighted by molar-refractivity contribution is 8.01. The minimum atomic E-state index is -0.381. The molecule has 2 rings (SSSR count). The van der Waals surface area contributed by atoms with Gasteiger partial charge in [0.15, 0.2) is 4.34 Å². The lowest BCUT2D eigenvalue weighted by Gasteiger charge is -2.04. The van der Waals surface area contributed by atoms with E-state index >= 15 is 0 Å². The molecule has 8 heteroatoms. The quantitative estimate of drug-likeness (QED) is 0.798. The number of hydrogen-bond donors (Lipinski definition) is 2. The van der Waals surface area contributed by atoms with Crippen LogP contribution in [0.4, 0.5) is 15.2 Å². The molecule has 0 bridgehead atoms. The monoisotopic (exact) mass is 326 g/mol. The van der Waals surface area contributed by atoms with E-state index in [2.05, 4.69) is 20.8 Å². The van der Waals surface area contributed by atoms with Gasteiger partial charge in [0.2, 0.25) is 11.0 Å². The van der Waals surface area contributed by atoms with E-state index in [1.54, 1.807) is 12.1 Å². The van der Waals surface area contributed by atoms with Crippen molar-refractivity contribution in [2.24, 2.45) is 0 Å². The number of amides is 1. The summed E-state index contributed by atoms with van der Waals surface area (Å²) in [5, 5.41) is 14.5. The Morgan fingerprint density at radius 2 is 2.24 bits per heavy atom. The molecule has 5 nitrogen and oxygen atoms in total. The normalized spacial score (nSPS) is 10.7. The second kappa shape index (κ2) is 7.37. The number of aromatic nitrogens is 2. The summed E-state index contributed by atoms with van der Waals surface area (Å²) in [6.45, 7) is 4.03. The predicted octanol–water partition coefficient (Wildman–Crippen LogP) is 3.23. The molecule has 0 unspecified atom stereocenters. The van der Waals surface area contributed by atoms with E-state index in [1.165, 1.54) is 35.2 Å². The summed E-state index contributed by atoms with van der Waals surface area (Å²) in [5.41, 5.74) is 0.444. The zero-order chi connectivity index (χ0) is 15.2. The molecule has 0 aliphatic rings. The lowest BCUT2D eigenvalue weighted by atomic mass is 10.3. The van der Waals surface area contributed by atoms with Gasteiger partial charge in [-0.15, -0.1) is 10.2 Å². The van der Waals surface area contributed by atoms with Crippen molar-refractivity contribution in [2.75, 3.05) is 16.4 Å². The first-order valence-corrected chi connectivity index (χ1v) is 8.11. The fourth-order valence-electron chi connectivity index (χ4n) is 1.46. The average Bonchev–Trinajstić information content (AvgIpc) is 2.83. The van der Waals surface area contributed by atoms with E-state index in [1.807, 2.05) is 13.8 Å². The number of anilines is 2. The van der Waals surface area contributed by atoms with Crippen molar-refractivity contribution in [3.05, 3.63) is 30.1 Å². The van der Waals surface area contributed by atoms with Crippen molar-refractivity contribution in [2.45, 2.75) is 24.2 Å². The zero-order valence-electron chi connectivity index (χ0n) is 11.6. The maximum Gasteiger partial charge on any atom is 0.234 e. The predicted molar refractivity (Wildman–Crippen MR) is 84.4 cm³/mol. The molecule has 0 fully saturated rings. The number of carbonyl (C=O) groups excluding carboxylic acids is 1. The Bertz CT molecular complexity index is 618. The summed E-state index contributed by atoms with van der Waals surface area (Å²) in [7, 11) is 0. The summed E-state index contributed by atoms with van der Waals surface area (Å²) < 4.78 is 13.7. The topological polar surface area (TPSA) is 66.9 Å². The molecule has 0 aliphatic heterocycles. The molecule has 1 aromatic carbocycles. The smallest absolute Gasteiger partial charge is 0.234 e. The molecule has 1 amide bonds. The molecule has 2 aromatic rings. The molecule has 0 saturated heterocycles. The van der Waals surface area contributed by atoms with E-state index in [4.69, 9.17) is 0 Å². The first-order chi connectivity index (χ1) is 10.0. The van der Waals surface area contributed by atoms with Crippen molar-refractivity contribution in [1.82, 2.24) is 10.2 Å². The van der Waals surface area contributed by atoms with Gasteiger partial charge in [-0.25, -0.2) is 4.39 Å². The first kappa shape index (κ1) is 15.7. The van der Waals surface area contributed by atoms with Crippen LogP contribution in [0.3, 0.4) is 0 Å². The Hall–Kier alpha value is -1.67. The van der Waals surface area contributed by atoms with Gasteiger partial charge in [0.1, 0.15) is 5.82 Å². The molecule has 0 radical (unpaired) electrons. The van der Waals surface area contributed by atoms with Gasteiger partial charge >= 0.3 is 0 Å². The molecular formula is C13H15FN4OS2. The lowest BCUT2D eigenvalue weighted by molar-refractivity contribution is -0.113. The van der Waals surface area contributed by atoms with Crippen LogP contribution >= 0.6 is 23.1 Å². The Labute approximate surface area is 130 Å². The third kappa shape index (κ3) is 5.31. The number of benzene rings is 1. The summed E-state index contributed by atoms with van der Waals surface area (Å²) in [6, 6.07) is 6.08. The summed E-state index contributed by atoms with van der Waals surface area (Å²) in [5.74, 6) is -0.388. The Morgan fingerprint density at radius 1 is 1.43 bits per heavy atom. The van der Waals surface area contributed by atoms with Crippen LogP contribution in [-0.2, 0) is 4.79 Å². The lowest BCUT2D eigenvalue weighted by Crippen LogP contribution is -2.13. The van der Waals surface area contributed by atoms with Crippen LogP contribution in [-0.4, -0.2) is 27.9 Å². The van der Waals surface area contributed by atoms with E-state index in [0.29, 0.717) is 10.0 Å². The van der Waals surface area contributed by atoms with Gasteiger partial charge in [0.25, 0.3) is 0 Å². The fourth-order valence-corrected chi connectivity index (χ4v) is 3.16. The molecule has 0 saturated carbocycles. The van der Waals surface area contributed by atoms with Gasteiger partial charge in [-0.05, 0) is 32.0 Å². The second-order valence-corrected chi connectivity index (χ2v) is 6.72. The molecule has 0 aliphatic carbocycles. The zero-order valence-corrected chi connectivity index (χ0v) is 13.2. The molecule has 2 N–H and O–H groups in total. The van der Waals surface area contributed by atoms with Crippen LogP contribution in [0.25, 0.3) is 0 Å². The SMILES string of the molecule is CC(C)Nc1nnc(SCC(=O)Nc2cccc(F)c2)s1. The van der Waals surface area contributed by atoms with Crippen LogP contribution in [0.5, 0.6) is 0 Å². The number of rotatable bonds is 6. The van der Waals surface area contributed by atoms with Gasteiger partial charge < -0.3 is 10.6 Å². The van der Waals surface area contributed by atoms with Crippen LogP contribution in [0.1, 0.15) is 13.8 Å². The number of carbonyl (C=O) groups is 1. The molecule has 21 heavy (non-hydrogen) atoms. The van der Waals surface area contributed by atoms with E-state index in [-0.39, 0.29) is 23.5 Å². The molecule has 0 atom stereocenters. The summed E-state index contributed by atoms with van der Waals surface area (Å²) >= 11 is 2.70.